The molecule has 1 fully saturated rings. The van der Waals surface area contributed by atoms with Gasteiger partial charge in [0.05, 0.1) is 21.7 Å². The number of carbonyl (C=O) groups is 4. The van der Waals surface area contributed by atoms with Crippen molar-refractivity contribution in [3.05, 3.63) is 94.0 Å². The van der Waals surface area contributed by atoms with Crippen LogP contribution in [0.2, 0.25) is 0 Å². The predicted molar refractivity (Wildman–Crippen MR) is 147 cm³/mol. The van der Waals surface area contributed by atoms with E-state index in [9.17, 15) is 27.6 Å². The number of rotatable bonds is 7. The average molecular weight is 561 g/mol. The van der Waals surface area contributed by atoms with Crippen LogP contribution in [-0.2, 0) is 19.6 Å². The van der Waals surface area contributed by atoms with Gasteiger partial charge >= 0.3 is 5.97 Å². The van der Waals surface area contributed by atoms with E-state index in [2.05, 4.69) is 10.0 Å². The zero-order valence-electron chi connectivity index (χ0n) is 21.9. The van der Waals surface area contributed by atoms with E-state index in [4.69, 9.17) is 4.74 Å². The van der Waals surface area contributed by atoms with Crippen LogP contribution in [0.4, 0.5) is 5.69 Å². The second-order valence-electron chi connectivity index (χ2n) is 9.99. The van der Waals surface area contributed by atoms with Gasteiger partial charge in [-0.2, -0.15) is 0 Å². The van der Waals surface area contributed by atoms with Gasteiger partial charge in [0.1, 0.15) is 0 Å². The van der Waals surface area contributed by atoms with Crippen molar-refractivity contribution in [3.8, 4) is 0 Å². The Balaban J connectivity index is 1.28. The van der Waals surface area contributed by atoms with E-state index in [1.807, 2.05) is 0 Å². The first-order valence-corrected chi connectivity index (χ1v) is 14.6. The SMILES string of the molecule is Cc1ccc(S(=O)(=O)NC2CCCCC2)cc1C(=O)OCC(=O)Nc1cccc2c1C(=O)c1ccccc1C2=O. The summed E-state index contributed by atoms with van der Waals surface area (Å²) in [7, 11) is -3.84. The number of anilines is 1. The van der Waals surface area contributed by atoms with E-state index in [1.54, 1.807) is 37.3 Å². The first-order chi connectivity index (χ1) is 19.2. The maximum atomic E-state index is 13.1. The number of esters is 1. The van der Waals surface area contributed by atoms with Crippen molar-refractivity contribution >= 4 is 39.2 Å². The van der Waals surface area contributed by atoms with Crippen molar-refractivity contribution in [2.45, 2.75) is 50.0 Å². The van der Waals surface area contributed by atoms with Gasteiger partial charge in [-0.25, -0.2) is 17.9 Å². The zero-order valence-corrected chi connectivity index (χ0v) is 22.7. The number of ketones is 2. The second kappa shape index (κ2) is 11.1. The number of carbonyl (C=O) groups excluding carboxylic acids is 4. The summed E-state index contributed by atoms with van der Waals surface area (Å²) in [4.78, 5) is 51.6. The fraction of sp³-hybridized carbons (Fsp3) is 0.267. The van der Waals surface area contributed by atoms with Gasteiger partial charge in [-0.15, -0.1) is 0 Å². The van der Waals surface area contributed by atoms with Gasteiger partial charge in [0.15, 0.2) is 18.2 Å². The molecule has 2 aliphatic carbocycles. The predicted octanol–water partition coefficient (Wildman–Crippen LogP) is 4.18. The second-order valence-corrected chi connectivity index (χ2v) is 11.7. The Bertz CT molecular complexity index is 1640. The summed E-state index contributed by atoms with van der Waals surface area (Å²) in [6.45, 7) is 0.955. The molecule has 1 amide bonds. The number of nitrogens with one attached hydrogen (secondary N) is 2. The molecule has 0 aliphatic heterocycles. The molecule has 0 aromatic heterocycles. The summed E-state index contributed by atoms with van der Waals surface area (Å²) in [5, 5.41) is 2.56. The molecular weight excluding hydrogens is 532 g/mol. The molecule has 0 atom stereocenters. The molecule has 0 saturated heterocycles. The molecule has 0 bridgehead atoms. The largest absolute Gasteiger partial charge is 0.452 e. The lowest BCUT2D eigenvalue weighted by Gasteiger charge is -2.22. The molecule has 206 valence electrons. The van der Waals surface area contributed by atoms with E-state index >= 15 is 0 Å². The summed E-state index contributed by atoms with van der Waals surface area (Å²) < 4.78 is 33.7. The van der Waals surface area contributed by atoms with Gasteiger partial charge in [0, 0.05) is 22.7 Å². The molecule has 2 aliphatic rings. The number of benzene rings is 3. The molecule has 0 unspecified atom stereocenters. The smallest absolute Gasteiger partial charge is 0.338 e. The third kappa shape index (κ3) is 5.45. The number of sulfonamides is 1. The van der Waals surface area contributed by atoms with Crippen LogP contribution in [0.5, 0.6) is 0 Å². The van der Waals surface area contributed by atoms with Crippen molar-refractivity contribution in [2.75, 3.05) is 11.9 Å². The van der Waals surface area contributed by atoms with Gasteiger partial charge in [0.2, 0.25) is 10.0 Å². The number of aryl methyl sites for hydroxylation is 1. The quantitative estimate of drug-likeness (QED) is 0.324. The van der Waals surface area contributed by atoms with Crippen molar-refractivity contribution in [1.82, 2.24) is 4.72 Å². The number of hydrogen-bond acceptors (Lipinski definition) is 7. The van der Waals surface area contributed by atoms with Crippen LogP contribution in [0.25, 0.3) is 0 Å². The van der Waals surface area contributed by atoms with Crippen LogP contribution in [0.1, 0.15) is 79.9 Å². The van der Waals surface area contributed by atoms with Crippen LogP contribution in [0.3, 0.4) is 0 Å². The molecule has 10 heteroatoms. The van der Waals surface area contributed by atoms with Crippen LogP contribution < -0.4 is 10.0 Å². The maximum Gasteiger partial charge on any atom is 0.338 e. The third-order valence-corrected chi connectivity index (χ3v) is 8.75. The van der Waals surface area contributed by atoms with Gasteiger partial charge < -0.3 is 10.1 Å². The number of ether oxygens (including phenoxy) is 1. The monoisotopic (exact) mass is 560 g/mol. The van der Waals surface area contributed by atoms with Crippen molar-refractivity contribution in [1.29, 1.82) is 0 Å². The third-order valence-electron chi connectivity index (χ3n) is 7.23. The molecule has 9 nitrogen and oxygen atoms in total. The molecule has 40 heavy (non-hydrogen) atoms. The molecule has 0 spiro atoms. The molecule has 3 aromatic rings. The van der Waals surface area contributed by atoms with Gasteiger partial charge in [-0.1, -0.05) is 61.7 Å². The first kappa shape index (κ1) is 27.4. The Morgan fingerprint density at radius 3 is 2.27 bits per heavy atom. The molecule has 2 N–H and O–H groups in total. The topological polar surface area (TPSA) is 136 Å². The Morgan fingerprint density at radius 2 is 1.55 bits per heavy atom. The lowest BCUT2D eigenvalue weighted by Crippen LogP contribution is -2.36. The molecule has 0 heterocycles. The highest BCUT2D eigenvalue weighted by Gasteiger charge is 2.32. The zero-order chi connectivity index (χ0) is 28.4. The molecule has 1 saturated carbocycles. The van der Waals surface area contributed by atoms with E-state index in [0.29, 0.717) is 11.1 Å². The Morgan fingerprint density at radius 1 is 0.875 bits per heavy atom. The van der Waals surface area contributed by atoms with Crippen molar-refractivity contribution in [2.24, 2.45) is 0 Å². The Hall–Kier alpha value is -4.15. The number of fused-ring (bicyclic) bond motifs is 2. The van der Waals surface area contributed by atoms with Crippen molar-refractivity contribution in [3.63, 3.8) is 0 Å². The van der Waals surface area contributed by atoms with E-state index < -0.39 is 34.3 Å². The lowest BCUT2D eigenvalue weighted by molar-refractivity contribution is -0.119. The van der Waals surface area contributed by atoms with Crippen LogP contribution >= 0.6 is 0 Å². The van der Waals surface area contributed by atoms with Gasteiger partial charge in [-0.05, 0) is 43.5 Å². The standard InChI is InChI=1S/C30H28N2O7S/c1-18-14-15-20(40(37,38)32-19-8-3-2-4-9-19)16-24(18)30(36)39-17-26(33)31-25-13-7-12-23-27(25)29(35)22-11-6-5-10-21(22)28(23)34/h5-7,10-16,19,32H,2-4,8-9,17H2,1H3,(H,31,33). The molecule has 3 aromatic carbocycles. The Labute approximate surface area is 232 Å². The molecular formula is C30H28N2O7S. The van der Waals surface area contributed by atoms with Crippen molar-refractivity contribution < 1.29 is 32.3 Å². The van der Waals surface area contributed by atoms with Gasteiger partial charge in [-0.3, -0.25) is 14.4 Å². The van der Waals surface area contributed by atoms with Crippen LogP contribution in [0.15, 0.2) is 65.6 Å². The summed E-state index contributed by atoms with van der Waals surface area (Å²) in [6.07, 6.45) is 4.55. The summed E-state index contributed by atoms with van der Waals surface area (Å²) >= 11 is 0. The van der Waals surface area contributed by atoms with E-state index in [0.717, 1.165) is 32.1 Å². The number of hydrogen-bond donors (Lipinski definition) is 2. The summed E-state index contributed by atoms with van der Waals surface area (Å²) in [5.74, 6) is -2.30. The minimum Gasteiger partial charge on any atom is -0.452 e. The molecule has 5 rings (SSSR count). The van der Waals surface area contributed by atoms with E-state index in [-0.39, 0.29) is 44.7 Å². The van der Waals surface area contributed by atoms with Crippen LogP contribution in [-0.4, -0.2) is 44.5 Å². The van der Waals surface area contributed by atoms with Gasteiger partial charge in [0.25, 0.3) is 5.91 Å². The molecule has 0 radical (unpaired) electrons. The van der Waals surface area contributed by atoms with E-state index in [1.165, 1.54) is 30.3 Å². The lowest BCUT2D eigenvalue weighted by atomic mass is 9.83. The highest BCUT2D eigenvalue weighted by atomic mass is 32.2. The highest BCUT2D eigenvalue weighted by Crippen LogP contribution is 2.32. The summed E-state index contributed by atoms with van der Waals surface area (Å²) in [6, 6.07) is 15.1. The Kier molecular flexibility index (Phi) is 7.64. The fourth-order valence-corrected chi connectivity index (χ4v) is 6.47. The summed E-state index contributed by atoms with van der Waals surface area (Å²) in [5.41, 5.74) is 1.43. The first-order valence-electron chi connectivity index (χ1n) is 13.1. The fourth-order valence-electron chi connectivity index (χ4n) is 5.14. The minimum atomic E-state index is -3.84. The van der Waals surface area contributed by atoms with Crippen LogP contribution in [0, 0.1) is 6.92 Å². The minimum absolute atomic E-state index is 0.0220. The normalized spacial score (nSPS) is 15.2. The number of amides is 1. The highest BCUT2D eigenvalue weighted by molar-refractivity contribution is 7.89. The average Bonchev–Trinajstić information content (AvgIpc) is 2.95. The maximum absolute atomic E-state index is 13.1.